The van der Waals surface area contributed by atoms with Crippen molar-refractivity contribution in [2.75, 3.05) is 0 Å². The van der Waals surface area contributed by atoms with Gasteiger partial charge in [0.2, 0.25) is 5.91 Å². The fourth-order valence-corrected chi connectivity index (χ4v) is 1.39. The molecule has 1 unspecified atom stereocenters. The quantitative estimate of drug-likeness (QED) is 0.609. The number of hydrogen-bond acceptors (Lipinski definition) is 3. The second-order valence-electron chi connectivity index (χ2n) is 3.28. The molecule has 0 radical (unpaired) electrons. The molecule has 82 valence electrons. The fourth-order valence-electron chi connectivity index (χ4n) is 1.39. The van der Waals surface area contributed by atoms with Crippen LogP contribution in [0.4, 0.5) is 0 Å². The summed E-state index contributed by atoms with van der Waals surface area (Å²) in [6.45, 7) is 3.31. The van der Waals surface area contributed by atoms with E-state index >= 15 is 0 Å². The minimum atomic E-state index is -0.671. The molecular weight excluding hydrogens is 198 g/mol. The fraction of sp³-hybridized carbons (Fsp3) is 0.444. The van der Waals surface area contributed by atoms with Gasteiger partial charge < -0.3 is 10.7 Å². The molecule has 0 aliphatic carbocycles. The smallest absolute Gasteiger partial charge is 0.325 e. The normalized spacial score (nSPS) is 12.4. The molecule has 1 heterocycles. The van der Waals surface area contributed by atoms with E-state index in [1.54, 1.807) is 13.8 Å². The van der Waals surface area contributed by atoms with Crippen LogP contribution in [0.15, 0.2) is 9.59 Å². The van der Waals surface area contributed by atoms with Crippen molar-refractivity contribution >= 4 is 5.91 Å². The largest absolute Gasteiger partial charge is 0.369 e. The predicted molar refractivity (Wildman–Crippen MR) is 54.7 cm³/mol. The molecule has 1 aromatic rings. The molecule has 0 fully saturated rings. The minimum Gasteiger partial charge on any atom is -0.369 e. The predicted octanol–water partition coefficient (Wildman–Crippen LogP) is -0.786. The molecule has 1 amide bonds. The third kappa shape index (κ3) is 2.15. The summed E-state index contributed by atoms with van der Waals surface area (Å²) in [6.07, 6.45) is 0.430. The molecule has 1 aromatic heterocycles. The first kappa shape index (κ1) is 11.2. The standard InChI is InChI=1S/C9H13N3O3/c1-3-5-6(4(2)7(10)13)11-9(15)12-8(5)14/h4H,3H2,1-2H3,(H2,10,13)(H2,11,12,14,15). The maximum atomic E-state index is 11.4. The van der Waals surface area contributed by atoms with Gasteiger partial charge in [0.15, 0.2) is 0 Å². The van der Waals surface area contributed by atoms with Crippen molar-refractivity contribution in [2.45, 2.75) is 26.2 Å². The average molecular weight is 211 g/mol. The Hall–Kier alpha value is -1.85. The van der Waals surface area contributed by atoms with Gasteiger partial charge >= 0.3 is 5.69 Å². The molecule has 1 rings (SSSR count). The van der Waals surface area contributed by atoms with Crippen LogP contribution in [0.5, 0.6) is 0 Å². The van der Waals surface area contributed by atoms with Crippen molar-refractivity contribution in [2.24, 2.45) is 5.73 Å². The zero-order valence-electron chi connectivity index (χ0n) is 8.59. The van der Waals surface area contributed by atoms with E-state index in [9.17, 15) is 14.4 Å². The second kappa shape index (κ2) is 4.12. The topological polar surface area (TPSA) is 109 Å². The van der Waals surface area contributed by atoms with Crippen LogP contribution in [-0.2, 0) is 11.2 Å². The van der Waals surface area contributed by atoms with Crippen molar-refractivity contribution < 1.29 is 4.79 Å². The highest BCUT2D eigenvalue weighted by molar-refractivity contribution is 5.81. The monoisotopic (exact) mass is 211 g/mol. The van der Waals surface area contributed by atoms with Crippen LogP contribution in [-0.4, -0.2) is 15.9 Å². The van der Waals surface area contributed by atoms with Gasteiger partial charge in [-0.15, -0.1) is 0 Å². The summed E-state index contributed by atoms with van der Waals surface area (Å²) < 4.78 is 0. The third-order valence-electron chi connectivity index (χ3n) is 2.29. The summed E-state index contributed by atoms with van der Waals surface area (Å²) in [6, 6.07) is 0. The first-order chi connectivity index (χ1) is 6.97. The Balaban J connectivity index is 3.45. The Morgan fingerprint density at radius 3 is 2.47 bits per heavy atom. The van der Waals surface area contributed by atoms with Crippen LogP contribution in [0.3, 0.4) is 0 Å². The van der Waals surface area contributed by atoms with Gasteiger partial charge in [-0.05, 0) is 13.3 Å². The van der Waals surface area contributed by atoms with E-state index in [2.05, 4.69) is 9.97 Å². The van der Waals surface area contributed by atoms with Crippen molar-refractivity contribution in [3.8, 4) is 0 Å². The number of hydrogen-bond donors (Lipinski definition) is 3. The van der Waals surface area contributed by atoms with Gasteiger partial charge in [0.1, 0.15) is 0 Å². The molecule has 6 nitrogen and oxygen atoms in total. The summed E-state index contributed by atoms with van der Waals surface area (Å²) >= 11 is 0. The highest BCUT2D eigenvalue weighted by Crippen LogP contribution is 2.12. The number of aromatic amines is 2. The number of rotatable bonds is 3. The number of nitrogens with two attached hydrogens (primary N) is 1. The molecule has 0 aromatic carbocycles. The van der Waals surface area contributed by atoms with Gasteiger partial charge in [-0.3, -0.25) is 14.6 Å². The van der Waals surface area contributed by atoms with Crippen LogP contribution in [0.25, 0.3) is 0 Å². The van der Waals surface area contributed by atoms with E-state index in [0.717, 1.165) is 0 Å². The SMILES string of the molecule is CCc1c(C(C)C(N)=O)[nH]c(=O)[nH]c1=O. The van der Waals surface area contributed by atoms with Crippen LogP contribution in [0, 0.1) is 0 Å². The number of primary amides is 1. The Labute approximate surface area is 85.5 Å². The molecule has 0 saturated heterocycles. The van der Waals surface area contributed by atoms with Gasteiger partial charge in [0.25, 0.3) is 5.56 Å². The Kier molecular flexibility index (Phi) is 3.08. The van der Waals surface area contributed by atoms with E-state index in [1.165, 1.54) is 0 Å². The maximum Gasteiger partial charge on any atom is 0.325 e. The van der Waals surface area contributed by atoms with Gasteiger partial charge in [0.05, 0.1) is 5.92 Å². The molecule has 0 bridgehead atoms. The Morgan fingerprint density at radius 1 is 1.40 bits per heavy atom. The summed E-state index contributed by atoms with van der Waals surface area (Å²) in [5.74, 6) is -1.25. The third-order valence-corrected chi connectivity index (χ3v) is 2.29. The number of amides is 1. The van der Waals surface area contributed by atoms with E-state index in [4.69, 9.17) is 5.73 Å². The van der Waals surface area contributed by atoms with E-state index in [1.807, 2.05) is 0 Å². The lowest BCUT2D eigenvalue weighted by Gasteiger charge is -2.10. The van der Waals surface area contributed by atoms with Gasteiger partial charge in [0, 0.05) is 11.3 Å². The average Bonchev–Trinajstić information content (AvgIpc) is 2.15. The number of H-pyrrole nitrogens is 2. The molecule has 4 N–H and O–H groups in total. The first-order valence-corrected chi connectivity index (χ1v) is 4.62. The highest BCUT2D eigenvalue weighted by atomic mass is 16.2. The lowest BCUT2D eigenvalue weighted by atomic mass is 10.0. The zero-order chi connectivity index (χ0) is 11.6. The van der Waals surface area contributed by atoms with Crippen LogP contribution in [0.1, 0.15) is 31.0 Å². The summed E-state index contributed by atoms with van der Waals surface area (Å²) in [5.41, 5.74) is 4.72. The molecule has 0 spiro atoms. The highest BCUT2D eigenvalue weighted by Gasteiger charge is 2.18. The van der Waals surface area contributed by atoms with E-state index in [-0.39, 0.29) is 0 Å². The van der Waals surface area contributed by atoms with Crippen molar-refractivity contribution in [1.29, 1.82) is 0 Å². The second-order valence-corrected chi connectivity index (χ2v) is 3.28. The van der Waals surface area contributed by atoms with Crippen LogP contribution >= 0.6 is 0 Å². The number of carbonyl (C=O) groups is 1. The lowest BCUT2D eigenvalue weighted by molar-refractivity contribution is -0.119. The molecule has 6 heteroatoms. The number of nitrogens with one attached hydrogen (secondary N) is 2. The van der Waals surface area contributed by atoms with E-state index in [0.29, 0.717) is 17.7 Å². The van der Waals surface area contributed by atoms with Gasteiger partial charge in [-0.1, -0.05) is 6.92 Å². The van der Waals surface area contributed by atoms with Crippen LogP contribution < -0.4 is 17.0 Å². The van der Waals surface area contributed by atoms with E-state index < -0.39 is 23.1 Å². The molecule has 0 aliphatic heterocycles. The Morgan fingerprint density at radius 2 is 2.00 bits per heavy atom. The van der Waals surface area contributed by atoms with Crippen molar-refractivity contribution in [3.63, 3.8) is 0 Å². The van der Waals surface area contributed by atoms with Crippen LogP contribution in [0.2, 0.25) is 0 Å². The zero-order valence-corrected chi connectivity index (χ0v) is 8.59. The Bertz CT molecular complexity index is 486. The van der Waals surface area contributed by atoms with Crippen molar-refractivity contribution in [3.05, 3.63) is 32.1 Å². The molecule has 1 atom stereocenters. The molecule has 15 heavy (non-hydrogen) atoms. The summed E-state index contributed by atoms with van der Waals surface area (Å²) in [7, 11) is 0. The number of aromatic nitrogens is 2. The van der Waals surface area contributed by atoms with Crippen molar-refractivity contribution in [1.82, 2.24) is 9.97 Å². The van der Waals surface area contributed by atoms with Gasteiger partial charge in [-0.25, -0.2) is 4.79 Å². The maximum absolute atomic E-state index is 11.4. The number of carbonyl (C=O) groups excluding carboxylic acids is 1. The summed E-state index contributed by atoms with van der Waals surface area (Å²) in [5, 5.41) is 0. The molecular formula is C9H13N3O3. The lowest BCUT2D eigenvalue weighted by Crippen LogP contribution is -2.31. The minimum absolute atomic E-state index is 0.304. The first-order valence-electron chi connectivity index (χ1n) is 4.62. The van der Waals surface area contributed by atoms with Gasteiger partial charge in [-0.2, -0.15) is 0 Å². The molecule has 0 saturated carbocycles. The molecule has 0 aliphatic rings. The summed E-state index contributed by atoms with van der Waals surface area (Å²) in [4.78, 5) is 38.0.